The van der Waals surface area contributed by atoms with Crippen LogP contribution >= 0.6 is 11.3 Å². The fraction of sp³-hybridized carbons (Fsp3) is 0.464. The van der Waals surface area contributed by atoms with Crippen molar-refractivity contribution in [3.05, 3.63) is 62.9 Å². The van der Waals surface area contributed by atoms with E-state index in [1.807, 2.05) is 13.8 Å². The Kier molecular flexibility index (Phi) is 5.93. The largest absolute Gasteiger partial charge is 0.294 e. The molecule has 1 aromatic heterocycles. The van der Waals surface area contributed by atoms with E-state index in [1.165, 1.54) is 28.7 Å². The van der Waals surface area contributed by atoms with Crippen molar-refractivity contribution in [3.8, 4) is 6.07 Å². The smallest absolute Gasteiger partial charge is 0.232 e. The molecule has 0 unspecified atom stereocenters. The Hall–Kier alpha value is -2.78. The molecule has 0 N–H and O–H groups in total. The van der Waals surface area contributed by atoms with Gasteiger partial charge in [-0.3, -0.25) is 14.5 Å². The third-order valence-electron chi connectivity index (χ3n) is 7.39. The van der Waals surface area contributed by atoms with Gasteiger partial charge in [0.2, 0.25) is 5.91 Å². The van der Waals surface area contributed by atoms with E-state index in [0.717, 1.165) is 37.7 Å². The van der Waals surface area contributed by atoms with E-state index in [-0.39, 0.29) is 23.5 Å². The number of carbonyl (C=O) groups excluding carboxylic acids is 2. The van der Waals surface area contributed by atoms with Crippen LogP contribution < -0.4 is 4.90 Å². The first-order valence-corrected chi connectivity index (χ1v) is 13.0. The van der Waals surface area contributed by atoms with Gasteiger partial charge in [-0.15, -0.1) is 11.3 Å². The lowest BCUT2D eigenvalue weighted by molar-refractivity contribution is -0.120. The fourth-order valence-electron chi connectivity index (χ4n) is 5.85. The molecule has 0 radical (unpaired) electrons. The average molecular weight is 477 g/mol. The number of nitrogens with zero attached hydrogens (tertiary/aromatic N) is 2. The maximum atomic E-state index is 14.8. The summed E-state index contributed by atoms with van der Waals surface area (Å²) in [6, 6.07) is 8.83. The van der Waals surface area contributed by atoms with Crippen molar-refractivity contribution in [2.24, 2.45) is 5.41 Å². The van der Waals surface area contributed by atoms with E-state index < -0.39 is 11.7 Å². The standard InChI is InChI=1S/C28H29FN2O2S/c1-28(2)14-22-26(23(32)15-28)19(17-9-7-8-11-21(17)29)13-25(33)31(22)27-20(16-30)18-10-5-3-4-6-12-24(18)34-27/h7-9,11,19H,3-6,10,12-15H2,1-2H3/t19-/m0/s1. The Morgan fingerprint density at radius 2 is 1.82 bits per heavy atom. The number of aryl methyl sites for hydroxylation is 1. The molecule has 1 aromatic carbocycles. The van der Waals surface area contributed by atoms with Crippen LogP contribution in [0.25, 0.3) is 0 Å². The third-order valence-corrected chi connectivity index (χ3v) is 8.67. The van der Waals surface area contributed by atoms with Gasteiger partial charge in [-0.1, -0.05) is 44.9 Å². The summed E-state index contributed by atoms with van der Waals surface area (Å²) in [5, 5.41) is 10.8. The van der Waals surface area contributed by atoms with Gasteiger partial charge in [0, 0.05) is 34.9 Å². The minimum absolute atomic E-state index is 0.0227. The number of nitriles is 1. The number of Topliss-reactive ketones (excluding diaryl/α,β-unsaturated/α-hetero) is 1. The summed E-state index contributed by atoms with van der Waals surface area (Å²) in [6.07, 6.45) is 7.17. The zero-order chi connectivity index (χ0) is 24.0. The van der Waals surface area contributed by atoms with Crippen molar-refractivity contribution in [3.63, 3.8) is 0 Å². The van der Waals surface area contributed by atoms with E-state index in [4.69, 9.17) is 0 Å². The molecule has 4 nitrogen and oxygen atoms in total. The van der Waals surface area contributed by atoms with Gasteiger partial charge in [-0.2, -0.15) is 5.26 Å². The first kappa shape index (κ1) is 23.0. The van der Waals surface area contributed by atoms with Gasteiger partial charge in [0.25, 0.3) is 0 Å². The summed E-state index contributed by atoms with van der Waals surface area (Å²) in [4.78, 5) is 30.1. The molecule has 34 heavy (non-hydrogen) atoms. The van der Waals surface area contributed by atoms with E-state index >= 15 is 0 Å². The second-order valence-corrected chi connectivity index (χ2v) is 11.6. The Morgan fingerprint density at radius 1 is 1.09 bits per heavy atom. The maximum Gasteiger partial charge on any atom is 0.232 e. The van der Waals surface area contributed by atoms with Crippen molar-refractivity contribution in [2.75, 3.05) is 4.90 Å². The maximum absolute atomic E-state index is 14.8. The molecule has 2 aromatic rings. The highest BCUT2D eigenvalue weighted by Crippen LogP contribution is 2.51. The van der Waals surface area contributed by atoms with Crippen LogP contribution in [0.2, 0.25) is 0 Å². The zero-order valence-electron chi connectivity index (χ0n) is 19.7. The Labute approximate surface area is 204 Å². The molecule has 1 aliphatic heterocycles. The minimum Gasteiger partial charge on any atom is -0.294 e. The molecule has 176 valence electrons. The molecule has 6 heteroatoms. The van der Waals surface area contributed by atoms with Gasteiger partial charge in [0.15, 0.2) is 5.78 Å². The number of thiophene rings is 1. The monoisotopic (exact) mass is 476 g/mol. The second kappa shape index (κ2) is 8.78. The summed E-state index contributed by atoms with van der Waals surface area (Å²) in [7, 11) is 0. The number of amides is 1. The highest BCUT2D eigenvalue weighted by molar-refractivity contribution is 7.16. The predicted octanol–water partition coefficient (Wildman–Crippen LogP) is 6.58. The van der Waals surface area contributed by atoms with Gasteiger partial charge in [0.05, 0.1) is 5.56 Å². The van der Waals surface area contributed by atoms with Crippen LogP contribution in [0.15, 0.2) is 35.5 Å². The van der Waals surface area contributed by atoms with E-state index in [1.54, 1.807) is 23.1 Å². The van der Waals surface area contributed by atoms with Crippen molar-refractivity contribution < 1.29 is 14.0 Å². The van der Waals surface area contributed by atoms with Gasteiger partial charge in [-0.25, -0.2) is 4.39 Å². The van der Waals surface area contributed by atoms with Crippen LogP contribution in [-0.2, 0) is 22.4 Å². The molecular formula is C28H29FN2O2S. The van der Waals surface area contributed by atoms with E-state index in [0.29, 0.717) is 40.2 Å². The molecule has 1 amide bonds. The SMILES string of the molecule is CC1(C)CC(=O)C2=C(C1)N(c1sc3c(c1C#N)CCCCCC3)C(=O)C[C@H]2c1ccccc1F. The van der Waals surface area contributed by atoms with Gasteiger partial charge in [-0.05, 0) is 54.7 Å². The molecule has 3 aliphatic rings. The molecule has 2 aliphatic carbocycles. The van der Waals surface area contributed by atoms with Crippen LogP contribution in [0.5, 0.6) is 0 Å². The van der Waals surface area contributed by atoms with Crippen LogP contribution in [0.4, 0.5) is 9.39 Å². The predicted molar refractivity (Wildman–Crippen MR) is 131 cm³/mol. The first-order chi connectivity index (χ1) is 16.3. The summed E-state index contributed by atoms with van der Waals surface area (Å²) in [5.74, 6) is -1.17. The van der Waals surface area contributed by atoms with Crippen molar-refractivity contribution >= 4 is 28.0 Å². The zero-order valence-corrected chi connectivity index (χ0v) is 20.6. The number of hydrogen-bond donors (Lipinski definition) is 0. The minimum atomic E-state index is -0.588. The lowest BCUT2D eigenvalue weighted by Crippen LogP contribution is -2.43. The Bertz CT molecular complexity index is 1250. The number of rotatable bonds is 2. The summed E-state index contributed by atoms with van der Waals surface area (Å²) < 4.78 is 14.8. The van der Waals surface area contributed by atoms with Gasteiger partial charge in [0.1, 0.15) is 16.9 Å². The quantitative estimate of drug-likeness (QED) is 0.492. The van der Waals surface area contributed by atoms with E-state index in [9.17, 15) is 19.2 Å². The van der Waals surface area contributed by atoms with Gasteiger partial charge >= 0.3 is 0 Å². The number of halogens is 1. The number of benzene rings is 1. The number of hydrogen-bond acceptors (Lipinski definition) is 4. The molecule has 0 fully saturated rings. The summed E-state index contributed by atoms with van der Waals surface area (Å²) in [5.41, 5.74) is 2.96. The van der Waals surface area contributed by atoms with Crippen LogP contribution in [0.3, 0.4) is 0 Å². The number of allylic oxidation sites excluding steroid dienone is 2. The topological polar surface area (TPSA) is 61.2 Å². The number of ketones is 1. The molecule has 1 atom stereocenters. The number of anilines is 1. The van der Waals surface area contributed by atoms with E-state index in [2.05, 4.69) is 6.07 Å². The molecule has 5 rings (SSSR count). The van der Waals surface area contributed by atoms with Crippen LogP contribution in [0.1, 0.15) is 86.3 Å². The third kappa shape index (κ3) is 3.90. The lowest BCUT2D eigenvalue weighted by Gasteiger charge is -2.42. The van der Waals surface area contributed by atoms with Crippen molar-refractivity contribution in [1.29, 1.82) is 5.26 Å². The number of fused-ring (bicyclic) bond motifs is 1. The number of carbonyl (C=O) groups is 2. The van der Waals surface area contributed by atoms with Crippen molar-refractivity contribution in [2.45, 2.75) is 77.6 Å². The molecule has 0 saturated heterocycles. The highest BCUT2D eigenvalue weighted by atomic mass is 32.1. The second-order valence-electron chi connectivity index (χ2n) is 10.5. The molecule has 0 bridgehead atoms. The molecule has 2 heterocycles. The van der Waals surface area contributed by atoms with Crippen molar-refractivity contribution in [1.82, 2.24) is 0 Å². The molecular weight excluding hydrogens is 447 g/mol. The summed E-state index contributed by atoms with van der Waals surface area (Å²) >= 11 is 1.54. The normalized spacial score (nSPS) is 22.5. The molecule has 0 spiro atoms. The van der Waals surface area contributed by atoms with Gasteiger partial charge < -0.3 is 0 Å². The van der Waals surface area contributed by atoms with Crippen LogP contribution in [-0.4, -0.2) is 11.7 Å². The first-order valence-electron chi connectivity index (χ1n) is 12.2. The van der Waals surface area contributed by atoms with Crippen LogP contribution in [0, 0.1) is 22.6 Å². The molecule has 0 saturated carbocycles. The fourth-order valence-corrected chi connectivity index (χ4v) is 7.23. The highest BCUT2D eigenvalue weighted by Gasteiger charge is 2.46. The Balaban J connectivity index is 1.71. The summed E-state index contributed by atoms with van der Waals surface area (Å²) in [6.45, 7) is 4.06. The average Bonchev–Trinajstić information content (AvgIpc) is 3.08. The Morgan fingerprint density at radius 3 is 2.56 bits per heavy atom. The lowest BCUT2D eigenvalue weighted by atomic mass is 9.69.